The van der Waals surface area contributed by atoms with Crippen molar-refractivity contribution >= 4 is 63.9 Å². The number of fused-ring (bicyclic) bond motifs is 2. The van der Waals surface area contributed by atoms with Crippen LogP contribution in [0, 0.1) is 17.3 Å². The number of ether oxygens (including phenoxy) is 2. The number of carbonyl (C=O) groups excluding carboxylic acids is 1. The molecule has 280 valence electrons. The van der Waals surface area contributed by atoms with E-state index in [-0.39, 0.29) is 40.9 Å². The number of aliphatic hydroxyl groups excluding tert-OH is 1. The number of rotatable bonds is 12. The van der Waals surface area contributed by atoms with Crippen molar-refractivity contribution in [1.29, 1.82) is 0 Å². The first-order valence-corrected chi connectivity index (χ1v) is 20.0. The number of piperazine rings is 1. The molecule has 7 nitrogen and oxygen atoms in total. The molecule has 0 bridgehead atoms. The molecule has 1 saturated carbocycles. The summed E-state index contributed by atoms with van der Waals surface area (Å²) >= 11 is 19.6. The topological polar surface area (TPSA) is 65.5 Å². The lowest BCUT2D eigenvalue weighted by Gasteiger charge is -2.36. The lowest BCUT2D eigenvalue weighted by Crippen LogP contribution is -2.47. The minimum atomic E-state index is -0.236. The first-order valence-electron chi connectivity index (χ1n) is 18.0. The van der Waals surface area contributed by atoms with Gasteiger partial charge in [0.15, 0.2) is 0 Å². The Morgan fingerprint density at radius 3 is 2.25 bits per heavy atom. The van der Waals surface area contributed by atoms with Crippen LogP contribution in [0.2, 0.25) is 5.02 Å². The lowest BCUT2D eigenvalue weighted by molar-refractivity contribution is -0.147. The Labute approximate surface area is 332 Å². The summed E-state index contributed by atoms with van der Waals surface area (Å²) in [5, 5.41) is 9.87. The van der Waals surface area contributed by atoms with Gasteiger partial charge in [0.1, 0.15) is 22.6 Å². The number of benzene rings is 4. The number of aliphatic hydroxyl groups is 1. The summed E-state index contributed by atoms with van der Waals surface area (Å²) in [6, 6.07) is 31.9. The molecule has 3 aliphatic rings. The van der Waals surface area contributed by atoms with Gasteiger partial charge >= 0.3 is 5.97 Å². The second-order valence-electron chi connectivity index (χ2n) is 14.0. The van der Waals surface area contributed by atoms with Gasteiger partial charge in [0.25, 0.3) is 0 Å². The molecule has 11 heteroatoms. The van der Waals surface area contributed by atoms with Crippen LogP contribution in [-0.4, -0.2) is 73.3 Å². The van der Waals surface area contributed by atoms with E-state index in [1.165, 1.54) is 21.2 Å². The number of carbonyl (C=O) groups is 1. The average Bonchev–Trinajstić information content (AvgIpc) is 3.70. The number of allylic oxidation sites excluding steroid dienone is 1. The molecule has 2 aliphatic heterocycles. The number of nitrogens with zero attached hydrogens (tertiary/aromatic N) is 3. The molecule has 4 aromatic rings. The van der Waals surface area contributed by atoms with Gasteiger partial charge < -0.3 is 24.4 Å². The van der Waals surface area contributed by atoms with Crippen LogP contribution in [0.25, 0.3) is 0 Å². The highest BCUT2D eigenvalue weighted by molar-refractivity contribution is 7.99. The summed E-state index contributed by atoms with van der Waals surface area (Å²) in [5.41, 5.74) is 3.18. The number of halogens is 3. The van der Waals surface area contributed by atoms with Crippen molar-refractivity contribution in [2.75, 3.05) is 57.3 Å². The minimum Gasteiger partial charge on any atom is -0.461 e. The number of anilines is 2. The van der Waals surface area contributed by atoms with Crippen LogP contribution in [0.1, 0.15) is 25.8 Å². The number of esters is 1. The second kappa shape index (κ2) is 18.4. The van der Waals surface area contributed by atoms with Crippen LogP contribution in [0.5, 0.6) is 11.5 Å². The van der Waals surface area contributed by atoms with E-state index in [4.69, 9.17) is 49.4 Å². The third kappa shape index (κ3) is 10.5. The van der Waals surface area contributed by atoms with Gasteiger partial charge in [0.05, 0.1) is 23.9 Å². The fraction of sp³-hybridized carbons (Fsp3) is 0.357. The molecule has 2 fully saturated rings. The Balaban J connectivity index is 0.000000182. The van der Waals surface area contributed by atoms with E-state index in [0.717, 1.165) is 68.6 Å². The van der Waals surface area contributed by atoms with Crippen molar-refractivity contribution in [1.82, 2.24) is 9.80 Å². The standard InChI is InChI=1S/C21H20Cl2O3.C21H26ClN3OS/c1-21(2)17(12-18(22)23)19(21)20(24)25-13-14-7-6-10-16(11-14)26-15-8-4-3-5-9-15;22-17-6-7-21-19(16-17)25(18-4-1-2-5-20(18)27-21)9-3-8-23-10-12-24(13-11-23)14-15-26/h3-12,17,19H,13H2,1-2H3;1-2,4-7,16,26H,3,8-15H2. The molecule has 4 aromatic carbocycles. The largest absolute Gasteiger partial charge is 0.461 e. The molecule has 0 amide bonds. The van der Waals surface area contributed by atoms with Crippen LogP contribution in [0.4, 0.5) is 11.4 Å². The highest BCUT2D eigenvalue weighted by atomic mass is 35.5. The zero-order chi connectivity index (χ0) is 37.4. The third-order valence-electron chi connectivity index (χ3n) is 10.1. The fourth-order valence-electron chi connectivity index (χ4n) is 7.02. The molecule has 0 radical (unpaired) electrons. The van der Waals surface area contributed by atoms with E-state index in [1.54, 1.807) is 6.08 Å². The van der Waals surface area contributed by atoms with Gasteiger partial charge in [-0.15, -0.1) is 0 Å². The van der Waals surface area contributed by atoms with Crippen LogP contribution < -0.4 is 9.64 Å². The zero-order valence-corrected chi connectivity index (χ0v) is 33.2. The van der Waals surface area contributed by atoms with Crippen LogP contribution in [0.3, 0.4) is 0 Å². The number of hydrogen-bond acceptors (Lipinski definition) is 8. The first-order chi connectivity index (χ1) is 25.6. The Kier molecular flexibility index (Phi) is 13.7. The first kappa shape index (κ1) is 39.5. The second-order valence-corrected chi connectivity index (χ2v) is 16.6. The maximum Gasteiger partial charge on any atom is 0.310 e. The Morgan fingerprint density at radius 1 is 0.830 bits per heavy atom. The zero-order valence-electron chi connectivity index (χ0n) is 30.1. The quantitative estimate of drug-likeness (QED) is 0.142. The van der Waals surface area contributed by atoms with Crippen molar-refractivity contribution in [2.45, 2.75) is 36.7 Å². The van der Waals surface area contributed by atoms with E-state index in [2.05, 4.69) is 51.1 Å². The normalized spacial score (nSPS) is 18.9. The smallest absolute Gasteiger partial charge is 0.310 e. The van der Waals surface area contributed by atoms with Gasteiger partial charge in [-0.25, -0.2) is 0 Å². The predicted molar refractivity (Wildman–Crippen MR) is 217 cm³/mol. The van der Waals surface area contributed by atoms with Crippen molar-refractivity contribution in [3.05, 3.63) is 118 Å². The van der Waals surface area contributed by atoms with E-state index >= 15 is 0 Å². The summed E-state index contributed by atoms with van der Waals surface area (Å²) in [7, 11) is 0. The van der Waals surface area contributed by atoms with E-state index in [0.29, 0.717) is 5.75 Å². The maximum absolute atomic E-state index is 12.4. The minimum absolute atomic E-state index is 0.00717. The SMILES string of the molecule is CC1(C)C(C=C(Cl)Cl)C1C(=O)OCc1cccc(Oc2ccccc2)c1.OCCN1CCN(CCCN2c3ccccc3Sc3ccc(Cl)cc32)CC1. The summed E-state index contributed by atoms with van der Waals surface area (Å²) in [5.74, 6) is 1.01. The third-order valence-corrected chi connectivity index (χ3v) is 11.7. The Bertz CT molecular complexity index is 1870. The number of para-hydroxylation sites is 2. The molecule has 1 N–H and O–H groups in total. The summed E-state index contributed by atoms with van der Waals surface area (Å²) in [6.07, 6.45) is 2.83. The summed E-state index contributed by atoms with van der Waals surface area (Å²) in [4.78, 5) is 22.3. The monoisotopic (exact) mass is 793 g/mol. The van der Waals surface area contributed by atoms with Crippen molar-refractivity contribution in [3.63, 3.8) is 0 Å². The molecule has 2 heterocycles. The molecular weight excluding hydrogens is 749 g/mol. The van der Waals surface area contributed by atoms with Gasteiger partial charge in [-0.1, -0.05) is 103 Å². The van der Waals surface area contributed by atoms with E-state index in [9.17, 15) is 4.79 Å². The average molecular weight is 795 g/mol. The van der Waals surface area contributed by atoms with Gasteiger partial charge in [-0.2, -0.15) is 0 Å². The molecule has 0 aromatic heterocycles. The summed E-state index contributed by atoms with van der Waals surface area (Å²) < 4.78 is 11.5. The van der Waals surface area contributed by atoms with Crippen molar-refractivity contribution in [2.24, 2.45) is 17.3 Å². The van der Waals surface area contributed by atoms with Crippen LogP contribution >= 0.6 is 46.6 Å². The van der Waals surface area contributed by atoms with Crippen molar-refractivity contribution in [3.8, 4) is 11.5 Å². The maximum atomic E-state index is 12.4. The molecule has 0 spiro atoms. The van der Waals surface area contributed by atoms with Crippen LogP contribution in [-0.2, 0) is 16.1 Å². The Hall–Kier alpha value is -3.21. The summed E-state index contributed by atoms with van der Waals surface area (Å²) in [6.45, 7) is 11.7. The van der Waals surface area contributed by atoms with Gasteiger partial charge in [-0.05, 0) is 90.5 Å². The molecular formula is C42H46Cl3N3O4S. The highest BCUT2D eigenvalue weighted by Gasteiger charge is 2.61. The van der Waals surface area contributed by atoms with Gasteiger partial charge in [0, 0.05) is 54.1 Å². The van der Waals surface area contributed by atoms with E-state index < -0.39 is 0 Å². The molecule has 7 rings (SSSR count). The predicted octanol–water partition coefficient (Wildman–Crippen LogP) is 10.1. The number of hydrogen-bond donors (Lipinski definition) is 1. The molecule has 2 unspecified atom stereocenters. The van der Waals surface area contributed by atoms with E-state index in [1.807, 2.05) is 86.3 Å². The fourth-order valence-corrected chi connectivity index (χ4v) is 8.53. The lowest BCUT2D eigenvalue weighted by atomic mass is 10.1. The number of β-amino-alcohol motifs (C(OH)–C–C–N with tert-alkyl or cyclic N) is 1. The molecule has 1 aliphatic carbocycles. The molecule has 53 heavy (non-hydrogen) atoms. The highest BCUT2D eigenvalue weighted by Crippen LogP contribution is 2.60. The Morgan fingerprint density at radius 2 is 1.51 bits per heavy atom. The molecule has 2 atom stereocenters. The molecule has 1 saturated heterocycles. The van der Waals surface area contributed by atoms with Gasteiger partial charge in [-0.3, -0.25) is 9.69 Å². The van der Waals surface area contributed by atoms with Crippen LogP contribution in [0.15, 0.2) is 117 Å². The van der Waals surface area contributed by atoms with Crippen molar-refractivity contribution < 1.29 is 19.4 Å². The van der Waals surface area contributed by atoms with Gasteiger partial charge in [0.2, 0.25) is 0 Å².